The number of benzene rings is 1. The lowest BCUT2D eigenvalue weighted by molar-refractivity contribution is 0.0699. The zero-order chi connectivity index (χ0) is 15.0. The second kappa shape index (κ2) is 5.33. The van der Waals surface area contributed by atoms with Gasteiger partial charge in [-0.15, -0.1) is 0 Å². The molecule has 2 heterocycles. The first-order valence-corrected chi connectivity index (χ1v) is 7.14. The molecule has 1 atom stereocenters. The minimum Gasteiger partial charge on any atom is -0.478 e. The molecule has 0 aliphatic carbocycles. The second-order valence-electron chi connectivity index (χ2n) is 5.65. The summed E-state index contributed by atoms with van der Waals surface area (Å²) in [5, 5.41) is 10.1. The molecule has 1 unspecified atom stereocenters. The number of hydrogen-bond donors (Lipinski definition) is 1. The Labute approximate surface area is 123 Å². The first kappa shape index (κ1) is 13.8. The van der Waals surface area contributed by atoms with Gasteiger partial charge in [-0.3, -0.25) is 0 Å². The molecule has 2 aromatic rings. The molecule has 0 saturated carbocycles. The number of aromatic carboxylic acids is 1. The first-order chi connectivity index (χ1) is 10.1. The Morgan fingerprint density at radius 2 is 2.10 bits per heavy atom. The maximum absolute atomic E-state index is 11.5. The molecule has 5 heteroatoms. The van der Waals surface area contributed by atoms with Gasteiger partial charge in [0, 0.05) is 31.1 Å². The van der Waals surface area contributed by atoms with Crippen LogP contribution < -0.4 is 4.90 Å². The van der Waals surface area contributed by atoms with E-state index in [1.54, 1.807) is 6.07 Å². The third-order valence-electron chi connectivity index (χ3n) is 4.06. The number of carbonyl (C=O) groups is 1. The molecule has 110 valence electrons. The monoisotopic (exact) mass is 285 g/mol. The van der Waals surface area contributed by atoms with Gasteiger partial charge in [0.2, 0.25) is 0 Å². The third-order valence-corrected chi connectivity index (χ3v) is 4.06. The van der Waals surface area contributed by atoms with Crippen molar-refractivity contribution in [3.05, 3.63) is 35.9 Å². The Balaban J connectivity index is 2.09. The summed E-state index contributed by atoms with van der Waals surface area (Å²) in [5.74, 6) is -0.150. The Hall–Kier alpha value is -2.14. The van der Waals surface area contributed by atoms with E-state index in [9.17, 15) is 9.90 Å². The zero-order valence-electron chi connectivity index (χ0n) is 12.3. The summed E-state index contributed by atoms with van der Waals surface area (Å²) < 4.78 is 0. The van der Waals surface area contributed by atoms with Crippen molar-refractivity contribution >= 4 is 22.7 Å². The van der Waals surface area contributed by atoms with Crippen molar-refractivity contribution in [2.24, 2.45) is 0 Å². The second-order valence-corrected chi connectivity index (χ2v) is 5.65. The van der Waals surface area contributed by atoms with E-state index >= 15 is 0 Å². The molecule has 1 aromatic heterocycles. The molecule has 1 saturated heterocycles. The first-order valence-electron chi connectivity index (χ1n) is 7.14. The summed E-state index contributed by atoms with van der Waals surface area (Å²) in [5.41, 5.74) is 1.06. The highest BCUT2D eigenvalue weighted by atomic mass is 16.4. The van der Waals surface area contributed by atoms with Crippen LogP contribution in [0.15, 0.2) is 30.3 Å². The van der Waals surface area contributed by atoms with E-state index in [0.717, 1.165) is 31.0 Å². The van der Waals surface area contributed by atoms with Gasteiger partial charge >= 0.3 is 5.97 Å². The van der Waals surface area contributed by atoms with Gasteiger partial charge in [-0.2, -0.15) is 0 Å². The molecule has 1 fully saturated rings. The Morgan fingerprint density at radius 1 is 1.33 bits per heavy atom. The molecular weight excluding hydrogens is 266 g/mol. The van der Waals surface area contributed by atoms with Crippen molar-refractivity contribution in [2.75, 3.05) is 31.6 Å². The number of nitrogens with zero attached hydrogens (tertiary/aromatic N) is 3. The molecule has 0 radical (unpaired) electrons. The molecule has 1 N–H and O–H groups in total. The van der Waals surface area contributed by atoms with Gasteiger partial charge in [-0.1, -0.05) is 18.2 Å². The number of pyridine rings is 1. The molecule has 0 amide bonds. The lowest BCUT2D eigenvalue weighted by Crippen LogP contribution is -2.50. The lowest BCUT2D eigenvalue weighted by Gasteiger charge is -2.39. The highest BCUT2D eigenvalue weighted by Crippen LogP contribution is 2.25. The van der Waals surface area contributed by atoms with Gasteiger partial charge in [0.15, 0.2) is 0 Å². The van der Waals surface area contributed by atoms with Gasteiger partial charge in [-0.05, 0) is 26.1 Å². The Kier molecular flexibility index (Phi) is 3.51. The molecule has 21 heavy (non-hydrogen) atoms. The number of piperazine rings is 1. The number of hydrogen-bond acceptors (Lipinski definition) is 4. The highest BCUT2D eigenvalue weighted by molar-refractivity contribution is 6.03. The van der Waals surface area contributed by atoms with Crippen molar-refractivity contribution in [3.8, 4) is 0 Å². The quantitative estimate of drug-likeness (QED) is 0.915. The van der Waals surface area contributed by atoms with Crippen LogP contribution in [0.1, 0.15) is 17.3 Å². The minimum absolute atomic E-state index is 0.319. The fraction of sp³-hybridized carbons (Fsp3) is 0.375. The van der Waals surface area contributed by atoms with Crippen molar-refractivity contribution in [3.63, 3.8) is 0 Å². The largest absolute Gasteiger partial charge is 0.478 e. The van der Waals surface area contributed by atoms with Crippen LogP contribution in [0.2, 0.25) is 0 Å². The normalized spacial score (nSPS) is 19.9. The smallest absolute Gasteiger partial charge is 0.336 e. The summed E-state index contributed by atoms with van der Waals surface area (Å²) in [4.78, 5) is 20.7. The lowest BCUT2D eigenvalue weighted by atomic mass is 10.1. The summed E-state index contributed by atoms with van der Waals surface area (Å²) in [6.45, 7) is 4.92. The molecular formula is C16H19N3O2. The average molecular weight is 285 g/mol. The van der Waals surface area contributed by atoms with E-state index < -0.39 is 5.97 Å². The van der Waals surface area contributed by atoms with Crippen LogP contribution in [0.4, 0.5) is 5.82 Å². The molecule has 1 aromatic carbocycles. The van der Waals surface area contributed by atoms with E-state index in [-0.39, 0.29) is 0 Å². The van der Waals surface area contributed by atoms with E-state index in [0.29, 0.717) is 17.0 Å². The number of likely N-dealkylation sites (N-methyl/N-ethyl adjacent to an activating group) is 1. The van der Waals surface area contributed by atoms with Crippen LogP contribution in [0.5, 0.6) is 0 Å². The van der Waals surface area contributed by atoms with Crippen LogP contribution in [-0.4, -0.2) is 53.7 Å². The fourth-order valence-electron chi connectivity index (χ4n) is 2.97. The minimum atomic E-state index is -0.906. The van der Waals surface area contributed by atoms with Gasteiger partial charge in [0.25, 0.3) is 0 Å². The van der Waals surface area contributed by atoms with Gasteiger partial charge in [0.1, 0.15) is 5.82 Å². The van der Waals surface area contributed by atoms with Gasteiger partial charge < -0.3 is 14.9 Å². The number of para-hydroxylation sites is 1. The standard InChI is InChI=1S/C16H19N3O2/c1-11-10-18(2)7-8-19(11)15-9-13(16(20)21)12-5-3-4-6-14(12)17-15/h3-6,9,11H,7-8,10H2,1-2H3,(H,20,21). The predicted molar refractivity (Wildman–Crippen MR) is 83.0 cm³/mol. The maximum Gasteiger partial charge on any atom is 0.336 e. The van der Waals surface area contributed by atoms with Crippen LogP contribution >= 0.6 is 0 Å². The molecule has 5 nitrogen and oxygen atoms in total. The van der Waals surface area contributed by atoms with Crippen LogP contribution in [-0.2, 0) is 0 Å². The highest BCUT2D eigenvalue weighted by Gasteiger charge is 2.24. The zero-order valence-corrected chi connectivity index (χ0v) is 12.3. The van der Waals surface area contributed by atoms with Crippen molar-refractivity contribution in [1.29, 1.82) is 0 Å². The van der Waals surface area contributed by atoms with E-state index in [1.807, 2.05) is 24.3 Å². The van der Waals surface area contributed by atoms with Crippen molar-refractivity contribution < 1.29 is 9.90 Å². The molecule has 1 aliphatic rings. The van der Waals surface area contributed by atoms with E-state index in [4.69, 9.17) is 0 Å². The fourth-order valence-corrected chi connectivity index (χ4v) is 2.97. The van der Waals surface area contributed by atoms with Crippen LogP contribution in [0.25, 0.3) is 10.9 Å². The van der Waals surface area contributed by atoms with E-state index in [1.165, 1.54) is 0 Å². The number of aromatic nitrogens is 1. The number of rotatable bonds is 2. The summed E-state index contributed by atoms with van der Waals surface area (Å²) in [6.07, 6.45) is 0. The topological polar surface area (TPSA) is 56.7 Å². The predicted octanol–water partition coefficient (Wildman–Crippen LogP) is 2.07. The summed E-state index contributed by atoms with van der Waals surface area (Å²) >= 11 is 0. The molecule has 1 aliphatic heterocycles. The number of fused-ring (bicyclic) bond motifs is 1. The van der Waals surface area contributed by atoms with Crippen molar-refractivity contribution in [2.45, 2.75) is 13.0 Å². The number of carboxylic acid groups (broad SMARTS) is 1. The Bertz CT molecular complexity index is 686. The number of carboxylic acids is 1. The van der Waals surface area contributed by atoms with Gasteiger partial charge in [0.05, 0.1) is 11.1 Å². The Morgan fingerprint density at radius 3 is 2.81 bits per heavy atom. The maximum atomic E-state index is 11.5. The van der Waals surface area contributed by atoms with Crippen LogP contribution in [0.3, 0.4) is 0 Å². The molecule has 0 bridgehead atoms. The van der Waals surface area contributed by atoms with Crippen LogP contribution in [0, 0.1) is 0 Å². The average Bonchev–Trinajstić information content (AvgIpc) is 2.46. The SMILES string of the molecule is CC1CN(C)CCN1c1cc(C(=O)O)c2ccccc2n1. The summed E-state index contributed by atoms with van der Waals surface area (Å²) in [6, 6.07) is 9.42. The number of anilines is 1. The van der Waals surface area contributed by atoms with Gasteiger partial charge in [-0.25, -0.2) is 9.78 Å². The summed E-state index contributed by atoms with van der Waals surface area (Å²) in [7, 11) is 2.10. The molecule has 3 rings (SSSR count). The van der Waals surface area contributed by atoms with E-state index in [2.05, 4.69) is 28.8 Å². The van der Waals surface area contributed by atoms with Crippen molar-refractivity contribution in [1.82, 2.24) is 9.88 Å². The third kappa shape index (κ3) is 2.56. The molecule has 0 spiro atoms.